The van der Waals surface area contributed by atoms with E-state index in [9.17, 15) is 4.79 Å². The minimum atomic E-state index is -0.0301. The van der Waals surface area contributed by atoms with Crippen molar-refractivity contribution in [2.45, 2.75) is 38.6 Å². The number of carbonyl (C=O) groups is 1. The van der Waals surface area contributed by atoms with Gasteiger partial charge < -0.3 is 16.0 Å². The molecular formula is C16H24BrN3O. The van der Waals surface area contributed by atoms with E-state index in [0.717, 1.165) is 36.1 Å². The minimum Gasteiger partial charge on any atom is -0.380 e. The number of likely N-dealkylation sites (tertiary alicyclic amines) is 1. The number of piperidine rings is 1. The number of amides is 1. The Kier molecular flexibility index (Phi) is 6.06. The summed E-state index contributed by atoms with van der Waals surface area (Å²) in [5.41, 5.74) is 8.01. The molecule has 5 heteroatoms. The second kappa shape index (κ2) is 7.80. The maximum absolute atomic E-state index is 12.3. The summed E-state index contributed by atoms with van der Waals surface area (Å²) in [6.07, 6.45) is 3.93. The lowest BCUT2D eigenvalue weighted by Gasteiger charge is -2.29. The number of halogens is 1. The molecule has 116 valence electrons. The molecular weight excluding hydrogens is 330 g/mol. The van der Waals surface area contributed by atoms with Gasteiger partial charge in [-0.15, -0.1) is 0 Å². The van der Waals surface area contributed by atoms with Crippen LogP contribution in [0.2, 0.25) is 0 Å². The Morgan fingerprint density at radius 3 is 2.76 bits per heavy atom. The summed E-state index contributed by atoms with van der Waals surface area (Å²) in [5.74, 6) is 0.210. The van der Waals surface area contributed by atoms with Gasteiger partial charge in [0, 0.05) is 42.3 Å². The number of rotatable bonds is 5. The summed E-state index contributed by atoms with van der Waals surface area (Å²) >= 11 is 3.53. The van der Waals surface area contributed by atoms with Gasteiger partial charge in [-0.05, 0) is 59.8 Å². The summed E-state index contributed by atoms with van der Waals surface area (Å²) in [4.78, 5) is 14.3. The number of nitrogens with two attached hydrogens (primary N) is 1. The van der Waals surface area contributed by atoms with Crippen LogP contribution >= 0.6 is 15.9 Å². The van der Waals surface area contributed by atoms with Gasteiger partial charge in [-0.3, -0.25) is 4.79 Å². The van der Waals surface area contributed by atoms with Crippen LogP contribution in [0.1, 0.15) is 31.2 Å². The van der Waals surface area contributed by atoms with Crippen molar-refractivity contribution in [3.63, 3.8) is 0 Å². The van der Waals surface area contributed by atoms with Crippen LogP contribution in [0.3, 0.4) is 0 Å². The molecule has 4 nitrogen and oxygen atoms in total. The number of benzene rings is 1. The largest absolute Gasteiger partial charge is 0.380 e. The SMILES string of the molecule is Cc1ccc(Br)c(NC(CN)CC(=O)N2CCCCC2)c1. The number of hydrogen-bond acceptors (Lipinski definition) is 3. The van der Waals surface area contributed by atoms with Crippen molar-refractivity contribution in [1.29, 1.82) is 0 Å². The standard InChI is InChI=1S/C16H24BrN3O/c1-12-5-6-14(17)15(9-12)19-13(11-18)10-16(21)20-7-3-2-4-8-20/h5-6,9,13,19H,2-4,7-8,10-11,18H2,1H3. The number of hydrogen-bond donors (Lipinski definition) is 2. The van der Waals surface area contributed by atoms with Crippen LogP contribution in [0, 0.1) is 6.92 Å². The third-order valence-corrected chi connectivity index (χ3v) is 4.59. The monoisotopic (exact) mass is 353 g/mol. The molecule has 1 unspecified atom stereocenters. The summed E-state index contributed by atoms with van der Waals surface area (Å²) in [6.45, 7) is 4.28. The molecule has 21 heavy (non-hydrogen) atoms. The lowest BCUT2D eigenvalue weighted by molar-refractivity contribution is -0.132. The summed E-state index contributed by atoms with van der Waals surface area (Å²) < 4.78 is 0.997. The molecule has 0 aliphatic carbocycles. The normalized spacial score (nSPS) is 16.6. The molecule has 0 saturated carbocycles. The van der Waals surface area contributed by atoms with Crippen molar-refractivity contribution in [2.75, 3.05) is 25.0 Å². The van der Waals surface area contributed by atoms with Gasteiger partial charge in [0.2, 0.25) is 5.91 Å². The number of nitrogens with zero attached hydrogens (tertiary/aromatic N) is 1. The quantitative estimate of drug-likeness (QED) is 0.855. The lowest BCUT2D eigenvalue weighted by Crippen LogP contribution is -2.40. The Hall–Kier alpha value is -1.07. The average Bonchev–Trinajstić information content (AvgIpc) is 2.51. The van der Waals surface area contributed by atoms with Gasteiger partial charge in [0.15, 0.2) is 0 Å². The third-order valence-electron chi connectivity index (χ3n) is 3.90. The van der Waals surface area contributed by atoms with Gasteiger partial charge in [0.05, 0.1) is 0 Å². The van der Waals surface area contributed by atoms with Crippen molar-refractivity contribution in [3.05, 3.63) is 28.2 Å². The first-order valence-corrected chi connectivity index (χ1v) is 8.40. The first kappa shape index (κ1) is 16.3. The van der Waals surface area contributed by atoms with Gasteiger partial charge in [-0.2, -0.15) is 0 Å². The second-order valence-corrected chi connectivity index (χ2v) is 6.56. The Balaban J connectivity index is 1.96. The van der Waals surface area contributed by atoms with E-state index in [2.05, 4.69) is 27.3 Å². The average molecular weight is 354 g/mol. The van der Waals surface area contributed by atoms with Gasteiger partial charge in [-0.1, -0.05) is 6.07 Å². The van der Waals surface area contributed by atoms with Crippen LogP contribution in [0.4, 0.5) is 5.69 Å². The van der Waals surface area contributed by atoms with E-state index in [4.69, 9.17) is 5.73 Å². The molecule has 1 amide bonds. The Morgan fingerprint density at radius 1 is 1.38 bits per heavy atom. The van der Waals surface area contributed by atoms with E-state index in [-0.39, 0.29) is 11.9 Å². The molecule has 0 spiro atoms. The number of anilines is 1. The predicted molar refractivity (Wildman–Crippen MR) is 90.4 cm³/mol. The molecule has 3 N–H and O–H groups in total. The van der Waals surface area contributed by atoms with Crippen molar-refractivity contribution in [3.8, 4) is 0 Å². The zero-order valence-electron chi connectivity index (χ0n) is 12.6. The van der Waals surface area contributed by atoms with E-state index in [1.54, 1.807) is 0 Å². The van der Waals surface area contributed by atoms with Gasteiger partial charge in [0.1, 0.15) is 0 Å². The zero-order valence-corrected chi connectivity index (χ0v) is 14.2. The second-order valence-electron chi connectivity index (χ2n) is 5.71. The zero-order chi connectivity index (χ0) is 15.2. The van der Waals surface area contributed by atoms with E-state index in [1.807, 2.05) is 24.0 Å². The Labute approximate surface area is 135 Å². The fourth-order valence-corrected chi connectivity index (χ4v) is 3.01. The molecule has 0 bridgehead atoms. The van der Waals surface area contributed by atoms with E-state index in [0.29, 0.717) is 13.0 Å². The maximum atomic E-state index is 12.3. The van der Waals surface area contributed by atoms with Gasteiger partial charge in [0.25, 0.3) is 0 Å². The third kappa shape index (κ3) is 4.71. The van der Waals surface area contributed by atoms with Crippen LogP contribution in [0.25, 0.3) is 0 Å². The highest BCUT2D eigenvalue weighted by molar-refractivity contribution is 9.10. The number of nitrogens with one attached hydrogen (secondary N) is 1. The summed E-state index contributed by atoms with van der Waals surface area (Å²) in [5, 5.41) is 3.39. The topological polar surface area (TPSA) is 58.4 Å². The highest BCUT2D eigenvalue weighted by atomic mass is 79.9. The fourth-order valence-electron chi connectivity index (χ4n) is 2.65. The molecule has 0 radical (unpaired) electrons. The van der Waals surface area contributed by atoms with Crippen LogP contribution in [0.5, 0.6) is 0 Å². The van der Waals surface area contributed by atoms with Gasteiger partial charge in [-0.25, -0.2) is 0 Å². The summed E-state index contributed by atoms with van der Waals surface area (Å²) in [6, 6.07) is 6.10. The Morgan fingerprint density at radius 2 is 2.10 bits per heavy atom. The van der Waals surface area contributed by atoms with E-state index in [1.165, 1.54) is 12.0 Å². The van der Waals surface area contributed by atoms with E-state index >= 15 is 0 Å². The molecule has 1 fully saturated rings. The van der Waals surface area contributed by atoms with Crippen LogP contribution in [-0.4, -0.2) is 36.5 Å². The van der Waals surface area contributed by atoms with Gasteiger partial charge >= 0.3 is 0 Å². The lowest BCUT2D eigenvalue weighted by atomic mass is 10.1. The molecule has 1 aliphatic rings. The molecule has 1 heterocycles. The molecule has 1 aromatic carbocycles. The highest BCUT2D eigenvalue weighted by Gasteiger charge is 2.20. The van der Waals surface area contributed by atoms with Crippen LogP contribution in [-0.2, 0) is 4.79 Å². The molecule has 0 aromatic heterocycles. The van der Waals surface area contributed by atoms with Crippen LogP contribution in [0.15, 0.2) is 22.7 Å². The number of aryl methyl sites for hydroxylation is 1. The molecule has 1 saturated heterocycles. The summed E-state index contributed by atoms with van der Waals surface area (Å²) in [7, 11) is 0. The predicted octanol–water partition coefficient (Wildman–Crippen LogP) is 2.90. The highest BCUT2D eigenvalue weighted by Crippen LogP contribution is 2.24. The molecule has 1 atom stereocenters. The van der Waals surface area contributed by atoms with Crippen LogP contribution < -0.4 is 11.1 Å². The van der Waals surface area contributed by atoms with Crippen molar-refractivity contribution in [1.82, 2.24) is 4.90 Å². The van der Waals surface area contributed by atoms with Crippen molar-refractivity contribution < 1.29 is 4.79 Å². The first-order valence-electron chi connectivity index (χ1n) is 7.60. The minimum absolute atomic E-state index is 0.0301. The molecule has 1 aliphatic heterocycles. The first-order chi connectivity index (χ1) is 10.1. The molecule has 2 rings (SSSR count). The fraction of sp³-hybridized carbons (Fsp3) is 0.562. The molecule has 1 aromatic rings. The van der Waals surface area contributed by atoms with E-state index < -0.39 is 0 Å². The smallest absolute Gasteiger partial charge is 0.224 e. The Bertz CT molecular complexity index is 486. The maximum Gasteiger partial charge on any atom is 0.224 e. The van der Waals surface area contributed by atoms with Crippen molar-refractivity contribution in [2.24, 2.45) is 5.73 Å². The number of carbonyl (C=O) groups excluding carboxylic acids is 1. The van der Waals surface area contributed by atoms with Crippen molar-refractivity contribution >= 4 is 27.5 Å².